The fourth-order valence-corrected chi connectivity index (χ4v) is 3.11. The van der Waals surface area contributed by atoms with Crippen molar-refractivity contribution in [1.29, 1.82) is 0 Å². The Hall–Kier alpha value is -3.68. The zero-order valence-electron chi connectivity index (χ0n) is 13.1. The highest BCUT2D eigenvalue weighted by Gasteiger charge is 2.13. The van der Waals surface area contributed by atoms with Crippen molar-refractivity contribution in [2.75, 3.05) is 5.73 Å². The van der Waals surface area contributed by atoms with Crippen molar-refractivity contribution in [3.63, 3.8) is 0 Å². The van der Waals surface area contributed by atoms with Crippen LogP contribution in [0.3, 0.4) is 0 Å². The Bertz CT molecular complexity index is 1170. The fourth-order valence-electron chi connectivity index (χ4n) is 3.11. The monoisotopic (exact) mass is 330 g/mol. The SMILES string of the molecule is Nc1nc2cc(-c3ccn[nH]3)ccc2c2c1cnn2Cc1cn[nH]c1. The number of hydrogen-bond acceptors (Lipinski definition) is 5. The number of pyridine rings is 1. The quantitative estimate of drug-likeness (QED) is 0.470. The summed E-state index contributed by atoms with van der Waals surface area (Å²) in [6, 6.07) is 8.02. The van der Waals surface area contributed by atoms with Gasteiger partial charge in [0.25, 0.3) is 0 Å². The van der Waals surface area contributed by atoms with Gasteiger partial charge in [-0.1, -0.05) is 6.07 Å². The molecule has 0 bridgehead atoms. The van der Waals surface area contributed by atoms with Gasteiger partial charge in [-0.05, 0) is 18.2 Å². The van der Waals surface area contributed by atoms with Crippen LogP contribution in [-0.4, -0.2) is 35.2 Å². The smallest absolute Gasteiger partial charge is 0.135 e. The van der Waals surface area contributed by atoms with Gasteiger partial charge in [0, 0.05) is 28.9 Å². The summed E-state index contributed by atoms with van der Waals surface area (Å²) < 4.78 is 1.93. The van der Waals surface area contributed by atoms with Gasteiger partial charge in [-0.2, -0.15) is 15.3 Å². The number of rotatable bonds is 3. The Labute approximate surface area is 141 Å². The minimum Gasteiger partial charge on any atom is -0.383 e. The van der Waals surface area contributed by atoms with Crippen molar-refractivity contribution in [2.24, 2.45) is 0 Å². The average molecular weight is 330 g/mol. The van der Waals surface area contributed by atoms with E-state index in [1.165, 1.54) is 0 Å². The molecule has 1 aromatic carbocycles. The molecular weight excluding hydrogens is 316 g/mol. The molecule has 0 saturated carbocycles. The summed E-state index contributed by atoms with van der Waals surface area (Å²) >= 11 is 0. The largest absolute Gasteiger partial charge is 0.383 e. The van der Waals surface area contributed by atoms with Gasteiger partial charge in [-0.3, -0.25) is 14.9 Å². The number of H-pyrrole nitrogens is 2. The first-order chi connectivity index (χ1) is 12.3. The van der Waals surface area contributed by atoms with Gasteiger partial charge in [0.05, 0.1) is 41.1 Å². The summed E-state index contributed by atoms with van der Waals surface area (Å²) in [5, 5.41) is 20.1. The molecule has 4 heterocycles. The molecule has 4 aromatic heterocycles. The number of nitrogens with one attached hydrogen (secondary N) is 2. The first-order valence-electron chi connectivity index (χ1n) is 7.82. The molecule has 4 N–H and O–H groups in total. The second-order valence-electron chi connectivity index (χ2n) is 5.87. The van der Waals surface area contributed by atoms with Crippen LogP contribution in [0, 0.1) is 0 Å². The molecule has 0 saturated heterocycles. The molecule has 0 spiro atoms. The molecule has 122 valence electrons. The van der Waals surface area contributed by atoms with Crippen LogP contribution in [0.5, 0.6) is 0 Å². The van der Waals surface area contributed by atoms with Crippen molar-refractivity contribution in [1.82, 2.24) is 35.2 Å². The molecular formula is C17H14N8. The Morgan fingerprint density at radius 2 is 2.04 bits per heavy atom. The van der Waals surface area contributed by atoms with E-state index >= 15 is 0 Å². The van der Waals surface area contributed by atoms with Crippen LogP contribution in [-0.2, 0) is 6.54 Å². The predicted molar refractivity (Wildman–Crippen MR) is 94.7 cm³/mol. The van der Waals surface area contributed by atoms with E-state index in [0.717, 1.165) is 38.6 Å². The van der Waals surface area contributed by atoms with E-state index in [2.05, 4.69) is 30.5 Å². The summed E-state index contributed by atoms with van der Waals surface area (Å²) in [6.07, 6.45) is 7.14. The topological polar surface area (TPSA) is 114 Å². The molecule has 0 atom stereocenters. The first kappa shape index (κ1) is 13.7. The number of benzene rings is 1. The van der Waals surface area contributed by atoms with Crippen LogP contribution in [0.1, 0.15) is 5.56 Å². The minimum absolute atomic E-state index is 0.475. The summed E-state index contributed by atoms with van der Waals surface area (Å²) in [4.78, 5) is 4.56. The lowest BCUT2D eigenvalue weighted by atomic mass is 10.1. The predicted octanol–water partition coefficient (Wildman–Crippen LogP) is 2.33. The van der Waals surface area contributed by atoms with E-state index < -0.39 is 0 Å². The zero-order chi connectivity index (χ0) is 16.8. The van der Waals surface area contributed by atoms with Crippen LogP contribution < -0.4 is 5.73 Å². The number of nitrogen functional groups attached to an aromatic ring is 1. The van der Waals surface area contributed by atoms with Gasteiger partial charge < -0.3 is 5.73 Å². The molecule has 8 heteroatoms. The lowest BCUT2D eigenvalue weighted by Crippen LogP contribution is -2.02. The number of hydrogen-bond donors (Lipinski definition) is 3. The van der Waals surface area contributed by atoms with Crippen LogP contribution in [0.15, 0.2) is 49.1 Å². The molecule has 0 amide bonds. The van der Waals surface area contributed by atoms with Gasteiger partial charge in [-0.15, -0.1) is 0 Å². The molecule has 0 radical (unpaired) electrons. The summed E-state index contributed by atoms with van der Waals surface area (Å²) in [6.45, 7) is 0.612. The first-order valence-corrected chi connectivity index (χ1v) is 7.82. The minimum atomic E-state index is 0.475. The molecule has 0 aliphatic rings. The molecule has 0 unspecified atom stereocenters. The molecule has 0 aliphatic heterocycles. The highest BCUT2D eigenvalue weighted by molar-refractivity contribution is 6.08. The second-order valence-corrected chi connectivity index (χ2v) is 5.87. The van der Waals surface area contributed by atoms with Crippen molar-refractivity contribution in [3.05, 3.63) is 54.6 Å². The summed E-state index contributed by atoms with van der Waals surface area (Å²) in [7, 11) is 0. The number of aromatic nitrogens is 7. The van der Waals surface area contributed by atoms with Crippen LogP contribution >= 0.6 is 0 Å². The van der Waals surface area contributed by atoms with E-state index in [9.17, 15) is 0 Å². The van der Waals surface area contributed by atoms with Crippen LogP contribution in [0.25, 0.3) is 33.1 Å². The standard InChI is InChI=1S/C17H14N8/c18-17-13-8-22-25(9-10-6-20-21-7-10)16(13)12-2-1-11(5-15(12)23-17)14-3-4-19-24-14/h1-8H,9H2,(H2,18,23)(H,19,24)(H,20,21). The number of aromatic amines is 2. The van der Waals surface area contributed by atoms with Crippen LogP contribution in [0.2, 0.25) is 0 Å². The summed E-state index contributed by atoms with van der Waals surface area (Å²) in [5.74, 6) is 0.475. The normalized spacial score (nSPS) is 11.5. The van der Waals surface area contributed by atoms with Crippen molar-refractivity contribution >= 4 is 27.6 Å². The van der Waals surface area contributed by atoms with E-state index in [-0.39, 0.29) is 0 Å². The maximum absolute atomic E-state index is 6.17. The molecule has 25 heavy (non-hydrogen) atoms. The van der Waals surface area contributed by atoms with Gasteiger partial charge >= 0.3 is 0 Å². The van der Waals surface area contributed by atoms with Crippen LogP contribution in [0.4, 0.5) is 5.82 Å². The number of nitrogens with two attached hydrogens (primary N) is 1. The number of anilines is 1. The Morgan fingerprint density at radius 3 is 2.84 bits per heavy atom. The highest BCUT2D eigenvalue weighted by Crippen LogP contribution is 2.30. The molecule has 5 rings (SSSR count). The van der Waals surface area contributed by atoms with E-state index in [1.54, 1.807) is 18.6 Å². The van der Waals surface area contributed by atoms with Gasteiger partial charge in [0.1, 0.15) is 5.82 Å². The zero-order valence-corrected chi connectivity index (χ0v) is 13.1. The van der Waals surface area contributed by atoms with Gasteiger partial charge in [0.2, 0.25) is 0 Å². The van der Waals surface area contributed by atoms with E-state index in [1.807, 2.05) is 35.1 Å². The van der Waals surface area contributed by atoms with E-state index in [4.69, 9.17) is 5.73 Å². The third-order valence-corrected chi connectivity index (χ3v) is 4.31. The summed E-state index contributed by atoms with van der Waals surface area (Å²) in [5.41, 5.74) is 11.0. The lowest BCUT2D eigenvalue weighted by molar-refractivity contribution is 0.714. The molecule has 8 nitrogen and oxygen atoms in total. The third kappa shape index (κ3) is 2.15. The Balaban J connectivity index is 1.74. The van der Waals surface area contributed by atoms with Crippen molar-refractivity contribution in [3.8, 4) is 11.3 Å². The molecule has 0 fully saturated rings. The number of fused-ring (bicyclic) bond motifs is 3. The van der Waals surface area contributed by atoms with Gasteiger partial charge in [0.15, 0.2) is 0 Å². The maximum atomic E-state index is 6.17. The highest BCUT2D eigenvalue weighted by atomic mass is 15.3. The van der Waals surface area contributed by atoms with Crippen molar-refractivity contribution in [2.45, 2.75) is 6.54 Å². The Morgan fingerprint density at radius 1 is 1.08 bits per heavy atom. The van der Waals surface area contributed by atoms with E-state index in [0.29, 0.717) is 12.4 Å². The Kier molecular flexibility index (Phi) is 2.84. The molecule has 5 aromatic rings. The third-order valence-electron chi connectivity index (χ3n) is 4.31. The second kappa shape index (κ2) is 5.17. The maximum Gasteiger partial charge on any atom is 0.135 e. The van der Waals surface area contributed by atoms with Gasteiger partial charge in [-0.25, -0.2) is 4.98 Å². The van der Waals surface area contributed by atoms with Crippen molar-refractivity contribution < 1.29 is 0 Å². The average Bonchev–Trinajstić information content (AvgIpc) is 3.37. The lowest BCUT2D eigenvalue weighted by Gasteiger charge is -2.08. The fraction of sp³-hybridized carbons (Fsp3) is 0.0588. The number of nitrogens with zero attached hydrogens (tertiary/aromatic N) is 5. The molecule has 0 aliphatic carbocycles.